The molecule has 0 saturated heterocycles. The summed E-state index contributed by atoms with van der Waals surface area (Å²) in [5, 5.41) is 13.0. The zero-order valence-corrected chi connectivity index (χ0v) is 12.5. The molecular weight excluding hydrogens is 250 g/mol. The fourth-order valence-electron chi connectivity index (χ4n) is 3.09. The molecule has 0 heterocycles. The van der Waals surface area contributed by atoms with E-state index in [4.69, 9.17) is 0 Å². The van der Waals surface area contributed by atoms with Crippen molar-refractivity contribution in [3.05, 3.63) is 34.9 Å². The second kappa shape index (κ2) is 6.89. The van der Waals surface area contributed by atoms with Crippen molar-refractivity contribution >= 4 is 5.91 Å². The topological polar surface area (TPSA) is 49.3 Å². The lowest BCUT2D eigenvalue weighted by molar-refractivity contribution is 0.0738. The molecule has 0 aromatic heterocycles. The molecule has 1 aromatic rings. The molecule has 1 aliphatic carbocycles. The molecular formula is C17H25NO2. The molecule has 1 unspecified atom stereocenters. The van der Waals surface area contributed by atoms with Crippen molar-refractivity contribution in [2.24, 2.45) is 5.92 Å². The van der Waals surface area contributed by atoms with Crippen molar-refractivity contribution in [1.82, 2.24) is 5.32 Å². The number of hydrogen-bond donors (Lipinski definition) is 2. The second-order valence-electron chi connectivity index (χ2n) is 6.05. The van der Waals surface area contributed by atoms with Crippen LogP contribution in [0.5, 0.6) is 0 Å². The predicted molar refractivity (Wildman–Crippen MR) is 80.8 cm³/mol. The summed E-state index contributed by atoms with van der Waals surface area (Å²) in [5.74, 6) is 0.259. The maximum atomic E-state index is 12.1. The van der Waals surface area contributed by atoms with E-state index in [1.165, 1.54) is 19.3 Å². The number of rotatable bonds is 4. The number of nitrogens with one attached hydrogen (secondary N) is 1. The van der Waals surface area contributed by atoms with Crippen LogP contribution in [0, 0.1) is 19.8 Å². The molecule has 0 spiro atoms. The smallest absolute Gasteiger partial charge is 0.251 e. The van der Waals surface area contributed by atoms with E-state index in [2.05, 4.69) is 5.32 Å². The van der Waals surface area contributed by atoms with Crippen LogP contribution in [0.1, 0.15) is 53.6 Å². The Balaban J connectivity index is 1.87. The zero-order valence-electron chi connectivity index (χ0n) is 12.5. The van der Waals surface area contributed by atoms with E-state index >= 15 is 0 Å². The number of hydrogen-bond acceptors (Lipinski definition) is 2. The first kappa shape index (κ1) is 15.0. The average Bonchev–Trinajstić information content (AvgIpc) is 2.44. The number of aryl methyl sites for hydroxylation is 2. The van der Waals surface area contributed by atoms with Crippen LogP contribution in [-0.4, -0.2) is 23.7 Å². The molecule has 2 N–H and O–H groups in total. The van der Waals surface area contributed by atoms with Gasteiger partial charge in [-0.15, -0.1) is 0 Å². The first-order valence-electron chi connectivity index (χ1n) is 7.61. The van der Waals surface area contributed by atoms with Crippen LogP contribution in [0.4, 0.5) is 0 Å². The van der Waals surface area contributed by atoms with Gasteiger partial charge in [0.15, 0.2) is 0 Å². The Kier molecular flexibility index (Phi) is 5.18. The van der Waals surface area contributed by atoms with Crippen molar-refractivity contribution in [1.29, 1.82) is 0 Å². The minimum absolute atomic E-state index is 0.0911. The van der Waals surface area contributed by atoms with Crippen LogP contribution in [0.25, 0.3) is 0 Å². The van der Waals surface area contributed by atoms with E-state index < -0.39 is 6.10 Å². The summed E-state index contributed by atoms with van der Waals surface area (Å²) in [4.78, 5) is 12.1. The number of carbonyl (C=O) groups excluding carboxylic acids is 1. The van der Waals surface area contributed by atoms with Crippen LogP contribution in [0.15, 0.2) is 18.2 Å². The van der Waals surface area contributed by atoms with Gasteiger partial charge in [-0.05, 0) is 44.7 Å². The summed E-state index contributed by atoms with van der Waals surface area (Å²) < 4.78 is 0. The van der Waals surface area contributed by atoms with Crippen molar-refractivity contribution in [3.8, 4) is 0 Å². The number of carbonyl (C=O) groups is 1. The van der Waals surface area contributed by atoms with Crippen LogP contribution in [0.3, 0.4) is 0 Å². The molecule has 3 heteroatoms. The molecule has 110 valence electrons. The quantitative estimate of drug-likeness (QED) is 0.887. The van der Waals surface area contributed by atoms with Gasteiger partial charge >= 0.3 is 0 Å². The molecule has 3 nitrogen and oxygen atoms in total. The van der Waals surface area contributed by atoms with Gasteiger partial charge in [0.1, 0.15) is 0 Å². The van der Waals surface area contributed by atoms with Gasteiger partial charge in [0, 0.05) is 12.1 Å². The van der Waals surface area contributed by atoms with Gasteiger partial charge in [0.05, 0.1) is 6.10 Å². The third-order valence-corrected chi connectivity index (χ3v) is 4.15. The lowest BCUT2D eigenvalue weighted by Gasteiger charge is -2.26. The molecule has 0 aliphatic heterocycles. The van der Waals surface area contributed by atoms with Gasteiger partial charge < -0.3 is 10.4 Å². The zero-order chi connectivity index (χ0) is 14.5. The number of aliphatic hydroxyl groups is 1. The second-order valence-corrected chi connectivity index (χ2v) is 6.05. The Hall–Kier alpha value is -1.35. The van der Waals surface area contributed by atoms with Crippen LogP contribution in [-0.2, 0) is 0 Å². The number of benzene rings is 1. The van der Waals surface area contributed by atoms with E-state index in [1.807, 2.05) is 32.0 Å². The summed E-state index contributed by atoms with van der Waals surface area (Å²) in [7, 11) is 0. The Morgan fingerprint density at radius 1 is 1.20 bits per heavy atom. The fraction of sp³-hybridized carbons (Fsp3) is 0.588. The summed E-state index contributed by atoms with van der Waals surface area (Å²) in [6, 6.07) is 5.82. The van der Waals surface area contributed by atoms with Gasteiger partial charge in [-0.25, -0.2) is 0 Å². The molecule has 20 heavy (non-hydrogen) atoms. The minimum Gasteiger partial charge on any atom is -0.391 e. The normalized spacial score (nSPS) is 17.8. The molecule has 0 bridgehead atoms. The van der Waals surface area contributed by atoms with E-state index in [0.29, 0.717) is 18.0 Å². The maximum Gasteiger partial charge on any atom is 0.251 e. The average molecular weight is 275 g/mol. The van der Waals surface area contributed by atoms with Crippen molar-refractivity contribution in [2.75, 3.05) is 6.54 Å². The Morgan fingerprint density at radius 2 is 1.80 bits per heavy atom. The molecule has 2 rings (SSSR count). The van der Waals surface area contributed by atoms with Crippen LogP contribution < -0.4 is 5.32 Å². The molecule has 1 atom stereocenters. The number of aliphatic hydroxyl groups excluding tert-OH is 1. The van der Waals surface area contributed by atoms with Gasteiger partial charge in [-0.2, -0.15) is 0 Å². The van der Waals surface area contributed by atoms with E-state index in [9.17, 15) is 9.90 Å². The van der Waals surface area contributed by atoms with Crippen LogP contribution >= 0.6 is 0 Å². The highest BCUT2D eigenvalue weighted by atomic mass is 16.3. The van der Waals surface area contributed by atoms with Gasteiger partial charge in [0.25, 0.3) is 5.91 Å². The predicted octanol–water partition coefficient (Wildman–Crippen LogP) is 2.97. The number of amides is 1. The monoisotopic (exact) mass is 275 g/mol. The Bertz CT molecular complexity index is 444. The highest BCUT2D eigenvalue weighted by Gasteiger charge is 2.22. The van der Waals surface area contributed by atoms with E-state index in [0.717, 1.165) is 24.0 Å². The van der Waals surface area contributed by atoms with Gasteiger partial charge in [0.2, 0.25) is 0 Å². The summed E-state index contributed by atoms with van der Waals surface area (Å²) in [6.07, 6.45) is 5.43. The van der Waals surface area contributed by atoms with E-state index in [-0.39, 0.29) is 5.91 Å². The SMILES string of the molecule is Cc1cc(C)cc(C(=O)NCC(O)C2CCCCC2)c1. The molecule has 1 aromatic carbocycles. The third-order valence-electron chi connectivity index (χ3n) is 4.15. The van der Waals surface area contributed by atoms with Crippen molar-refractivity contribution in [3.63, 3.8) is 0 Å². The lowest BCUT2D eigenvalue weighted by Crippen LogP contribution is -2.37. The Labute approximate surface area is 121 Å². The first-order valence-corrected chi connectivity index (χ1v) is 7.61. The van der Waals surface area contributed by atoms with Crippen molar-refractivity contribution < 1.29 is 9.90 Å². The molecule has 1 aliphatic rings. The minimum atomic E-state index is -0.412. The fourth-order valence-corrected chi connectivity index (χ4v) is 3.09. The summed E-state index contributed by atoms with van der Waals surface area (Å²) in [5.41, 5.74) is 2.85. The largest absolute Gasteiger partial charge is 0.391 e. The first-order chi connectivity index (χ1) is 9.56. The third kappa shape index (κ3) is 4.07. The summed E-state index contributed by atoms with van der Waals surface area (Å²) >= 11 is 0. The van der Waals surface area contributed by atoms with Crippen LogP contribution in [0.2, 0.25) is 0 Å². The van der Waals surface area contributed by atoms with Gasteiger partial charge in [-0.1, -0.05) is 36.5 Å². The standard InChI is InChI=1S/C17H25NO2/c1-12-8-13(2)10-15(9-12)17(20)18-11-16(19)14-6-4-3-5-7-14/h8-10,14,16,19H,3-7,11H2,1-2H3,(H,18,20). The van der Waals surface area contributed by atoms with Gasteiger partial charge in [-0.3, -0.25) is 4.79 Å². The molecule has 1 saturated carbocycles. The van der Waals surface area contributed by atoms with E-state index in [1.54, 1.807) is 0 Å². The summed E-state index contributed by atoms with van der Waals surface area (Å²) in [6.45, 7) is 4.33. The maximum absolute atomic E-state index is 12.1. The van der Waals surface area contributed by atoms with Crippen molar-refractivity contribution in [2.45, 2.75) is 52.1 Å². The molecule has 0 radical (unpaired) electrons. The molecule has 1 fully saturated rings. The highest BCUT2D eigenvalue weighted by Crippen LogP contribution is 2.26. The Morgan fingerprint density at radius 3 is 2.40 bits per heavy atom. The highest BCUT2D eigenvalue weighted by molar-refractivity contribution is 5.94. The lowest BCUT2D eigenvalue weighted by atomic mass is 9.85. The molecule has 1 amide bonds.